The highest BCUT2D eigenvalue weighted by atomic mass is 16.3. The highest BCUT2D eigenvalue weighted by molar-refractivity contribution is 6.10. The molecule has 1 saturated heterocycles. The summed E-state index contributed by atoms with van der Waals surface area (Å²) in [5.74, 6) is -1.35. The molecule has 0 spiro atoms. The molecule has 8 nitrogen and oxygen atoms in total. The first-order valence-corrected chi connectivity index (χ1v) is 10.8. The van der Waals surface area contributed by atoms with Crippen LogP contribution in [-0.4, -0.2) is 41.6 Å². The SMILES string of the molecule is O=C(CN1C(=O)C2C3C=CC(C3)C2C1=O)Nc1ccc2c(c1)CCN2C(=O)c1ccoc1. The van der Waals surface area contributed by atoms with E-state index in [9.17, 15) is 19.2 Å². The molecule has 2 aromatic rings. The summed E-state index contributed by atoms with van der Waals surface area (Å²) in [7, 11) is 0. The van der Waals surface area contributed by atoms with Crippen molar-refractivity contribution in [1.29, 1.82) is 0 Å². The van der Waals surface area contributed by atoms with E-state index in [1.807, 2.05) is 18.2 Å². The first-order chi connectivity index (χ1) is 15.5. The van der Waals surface area contributed by atoms with Crippen LogP contribution in [0.25, 0.3) is 0 Å². The standard InChI is InChI=1S/C24H21N3O5/c28-19(11-27-23(30)20-14-1-2-15(9-14)21(20)24(27)31)25-17-3-4-18-13(10-17)5-7-26(18)22(29)16-6-8-32-12-16/h1-4,6,8,10,12,14-15,20-21H,5,7,9,11H2,(H,25,28). The van der Waals surface area contributed by atoms with E-state index < -0.39 is 5.91 Å². The minimum atomic E-state index is -0.406. The highest BCUT2D eigenvalue weighted by Crippen LogP contribution is 2.52. The van der Waals surface area contributed by atoms with Crippen molar-refractivity contribution < 1.29 is 23.6 Å². The van der Waals surface area contributed by atoms with Gasteiger partial charge in [0.2, 0.25) is 17.7 Å². The molecule has 4 atom stereocenters. The normalized spacial score (nSPS) is 27.2. The molecule has 2 fully saturated rings. The van der Waals surface area contributed by atoms with Crippen molar-refractivity contribution in [3.63, 3.8) is 0 Å². The van der Waals surface area contributed by atoms with E-state index in [1.54, 1.807) is 23.1 Å². The summed E-state index contributed by atoms with van der Waals surface area (Å²) >= 11 is 0. The van der Waals surface area contributed by atoms with Gasteiger partial charge in [-0.3, -0.25) is 24.1 Å². The average Bonchev–Trinajstić information content (AvgIpc) is 3.59. The monoisotopic (exact) mass is 431 g/mol. The van der Waals surface area contributed by atoms with E-state index in [-0.39, 0.29) is 47.9 Å². The van der Waals surface area contributed by atoms with Crippen molar-refractivity contribution in [1.82, 2.24) is 4.90 Å². The maximum absolute atomic E-state index is 12.8. The lowest BCUT2D eigenvalue weighted by molar-refractivity contribution is -0.143. The maximum Gasteiger partial charge on any atom is 0.261 e. The van der Waals surface area contributed by atoms with Crippen LogP contribution in [0.5, 0.6) is 0 Å². The van der Waals surface area contributed by atoms with Crippen molar-refractivity contribution in [3.05, 3.63) is 60.1 Å². The van der Waals surface area contributed by atoms with Gasteiger partial charge in [-0.25, -0.2) is 0 Å². The third kappa shape index (κ3) is 2.75. The second kappa shape index (κ2) is 6.91. The van der Waals surface area contributed by atoms with E-state index in [2.05, 4.69) is 5.32 Å². The van der Waals surface area contributed by atoms with E-state index in [1.165, 1.54) is 12.5 Å². The number of hydrogen-bond donors (Lipinski definition) is 1. The number of carbonyl (C=O) groups is 4. The Morgan fingerprint density at radius 3 is 2.50 bits per heavy atom. The number of carbonyl (C=O) groups excluding carboxylic acids is 4. The van der Waals surface area contributed by atoms with Crippen LogP contribution in [0.2, 0.25) is 0 Å². The fraction of sp³-hybridized carbons (Fsp3) is 0.333. The van der Waals surface area contributed by atoms with Crippen LogP contribution in [0, 0.1) is 23.7 Å². The number of imide groups is 1. The Labute approximate surface area is 183 Å². The molecule has 4 unspecified atom stereocenters. The molecule has 1 saturated carbocycles. The second-order valence-electron chi connectivity index (χ2n) is 8.87. The van der Waals surface area contributed by atoms with Gasteiger partial charge < -0.3 is 14.6 Å². The summed E-state index contributed by atoms with van der Waals surface area (Å²) in [4.78, 5) is 53.6. The smallest absolute Gasteiger partial charge is 0.261 e. The number of hydrogen-bond acceptors (Lipinski definition) is 5. The predicted octanol–water partition coefficient (Wildman–Crippen LogP) is 2.23. The molecule has 2 bridgehead atoms. The van der Waals surface area contributed by atoms with Crippen molar-refractivity contribution in [2.24, 2.45) is 23.7 Å². The summed E-state index contributed by atoms with van der Waals surface area (Å²) in [6.07, 6.45) is 8.49. The third-order valence-corrected chi connectivity index (χ3v) is 7.14. The summed E-state index contributed by atoms with van der Waals surface area (Å²) < 4.78 is 5.00. The zero-order valence-corrected chi connectivity index (χ0v) is 17.2. The molecule has 4 aliphatic rings. The van der Waals surface area contributed by atoms with Gasteiger partial charge in [-0.1, -0.05) is 12.2 Å². The molecule has 4 amide bonds. The summed E-state index contributed by atoms with van der Waals surface area (Å²) in [5, 5.41) is 2.80. The Morgan fingerprint density at radius 2 is 1.81 bits per heavy atom. The van der Waals surface area contributed by atoms with Gasteiger partial charge in [0.15, 0.2) is 0 Å². The van der Waals surface area contributed by atoms with Crippen molar-refractivity contribution in [3.8, 4) is 0 Å². The maximum atomic E-state index is 12.8. The number of allylic oxidation sites excluding steroid dienone is 2. The number of fused-ring (bicyclic) bond motifs is 6. The van der Waals surface area contributed by atoms with Crippen LogP contribution in [-0.2, 0) is 20.8 Å². The van der Waals surface area contributed by atoms with Gasteiger partial charge in [0.25, 0.3) is 5.91 Å². The van der Waals surface area contributed by atoms with Crippen LogP contribution in [0.3, 0.4) is 0 Å². The number of furan rings is 1. The van der Waals surface area contributed by atoms with Gasteiger partial charge in [-0.2, -0.15) is 0 Å². The topological polar surface area (TPSA) is 99.9 Å². The minimum Gasteiger partial charge on any atom is -0.472 e. The summed E-state index contributed by atoms with van der Waals surface area (Å²) in [6.45, 7) is 0.277. The number of amides is 4. The molecule has 0 radical (unpaired) electrons. The molecule has 162 valence electrons. The minimum absolute atomic E-state index is 0.124. The molecule has 3 heterocycles. The van der Waals surface area contributed by atoms with E-state index in [4.69, 9.17) is 4.42 Å². The average molecular weight is 431 g/mol. The highest BCUT2D eigenvalue weighted by Gasteiger charge is 2.59. The number of rotatable bonds is 4. The predicted molar refractivity (Wildman–Crippen MR) is 114 cm³/mol. The van der Waals surface area contributed by atoms with Crippen LogP contribution in [0.15, 0.2) is 53.4 Å². The fourth-order valence-corrected chi connectivity index (χ4v) is 5.70. The van der Waals surface area contributed by atoms with Gasteiger partial charge in [0.1, 0.15) is 12.8 Å². The van der Waals surface area contributed by atoms with E-state index in [0.717, 1.165) is 22.6 Å². The molecule has 1 N–H and O–H groups in total. The zero-order valence-electron chi connectivity index (χ0n) is 17.2. The Kier molecular flexibility index (Phi) is 4.11. The van der Waals surface area contributed by atoms with Crippen LogP contribution in [0.4, 0.5) is 11.4 Å². The van der Waals surface area contributed by atoms with Gasteiger partial charge in [0, 0.05) is 17.9 Å². The number of anilines is 2. The Morgan fingerprint density at radius 1 is 1.06 bits per heavy atom. The quantitative estimate of drug-likeness (QED) is 0.591. The summed E-state index contributed by atoms with van der Waals surface area (Å²) in [5.41, 5.74) is 2.82. The second-order valence-corrected chi connectivity index (χ2v) is 8.87. The lowest BCUT2D eigenvalue weighted by Gasteiger charge is -2.18. The Balaban J connectivity index is 1.13. The Bertz CT molecular complexity index is 1150. The van der Waals surface area contributed by atoms with Gasteiger partial charge in [-0.05, 0) is 54.5 Å². The van der Waals surface area contributed by atoms with Crippen LogP contribution in [0.1, 0.15) is 22.3 Å². The Hall–Kier alpha value is -3.68. The van der Waals surface area contributed by atoms with Crippen LogP contribution < -0.4 is 10.2 Å². The van der Waals surface area contributed by atoms with Gasteiger partial charge in [-0.15, -0.1) is 0 Å². The van der Waals surface area contributed by atoms with Gasteiger partial charge >= 0.3 is 0 Å². The molecule has 8 heteroatoms. The van der Waals surface area contributed by atoms with Crippen molar-refractivity contribution >= 4 is 35.0 Å². The van der Waals surface area contributed by atoms with E-state index in [0.29, 0.717) is 24.2 Å². The molecular weight excluding hydrogens is 410 g/mol. The van der Waals surface area contributed by atoms with Crippen molar-refractivity contribution in [2.75, 3.05) is 23.3 Å². The molecular formula is C24H21N3O5. The lowest BCUT2D eigenvalue weighted by Crippen LogP contribution is -2.39. The summed E-state index contributed by atoms with van der Waals surface area (Å²) in [6, 6.07) is 6.99. The van der Waals surface area contributed by atoms with Gasteiger partial charge in [0.05, 0.1) is 23.7 Å². The largest absolute Gasteiger partial charge is 0.472 e. The number of likely N-dealkylation sites (tertiary alicyclic amines) is 1. The van der Waals surface area contributed by atoms with Crippen LogP contribution >= 0.6 is 0 Å². The molecule has 2 aliphatic heterocycles. The first-order valence-electron chi connectivity index (χ1n) is 10.8. The first kappa shape index (κ1) is 19.0. The molecule has 1 aromatic heterocycles. The fourth-order valence-electron chi connectivity index (χ4n) is 5.70. The number of nitrogens with zero attached hydrogens (tertiary/aromatic N) is 2. The molecule has 32 heavy (non-hydrogen) atoms. The number of benzene rings is 1. The molecule has 1 aromatic carbocycles. The van der Waals surface area contributed by atoms with Crippen molar-refractivity contribution in [2.45, 2.75) is 12.8 Å². The molecule has 6 rings (SSSR count). The molecule has 2 aliphatic carbocycles. The third-order valence-electron chi connectivity index (χ3n) is 7.14. The number of nitrogens with one attached hydrogen (secondary N) is 1. The van der Waals surface area contributed by atoms with E-state index >= 15 is 0 Å². The lowest BCUT2D eigenvalue weighted by atomic mass is 9.85. The zero-order chi connectivity index (χ0) is 22.0.